The number of hydrogen-bond acceptors (Lipinski definition) is 2. The topological polar surface area (TPSA) is 57.4 Å². The Morgan fingerprint density at radius 1 is 1.46 bits per heavy atom. The molecule has 0 fully saturated rings. The van der Waals surface area contributed by atoms with Crippen molar-refractivity contribution in [2.45, 2.75) is 0 Å². The smallest absolute Gasteiger partial charge is 0.120 e. The van der Waals surface area contributed by atoms with Crippen LogP contribution in [0.2, 0.25) is 0 Å². The number of rotatable bonds is 1. The first-order valence-corrected chi connectivity index (χ1v) is 3.88. The van der Waals surface area contributed by atoms with Gasteiger partial charge in [0, 0.05) is 13.2 Å². The van der Waals surface area contributed by atoms with Gasteiger partial charge in [-0.2, -0.15) is 10.4 Å². The molecule has 0 aliphatic carbocycles. The Balaban J connectivity index is 2.55. The minimum atomic E-state index is 0.643. The van der Waals surface area contributed by atoms with Gasteiger partial charge in [0.2, 0.25) is 0 Å². The molecular weight excluding hydrogens is 164 g/mol. The summed E-state index contributed by atoms with van der Waals surface area (Å²) in [7, 11) is 1.86. The second kappa shape index (κ2) is 2.79. The predicted octanol–water partition coefficient (Wildman–Crippen LogP) is 1.29. The number of hydrogen-bond donors (Lipinski definition) is 1. The molecule has 0 radical (unpaired) electrons. The molecule has 2 aromatic heterocycles. The van der Waals surface area contributed by atoms with E-state index < -0.39 is 0 Å². The van der Waals surface area contributed by atoms with Crippen molar-refractivity contribution in [3.63, 3.8) is 0 Å². The summed E-state index contributed by atoms with van der Waals surface area (Å²) in [6.07, 6.45) is 1.69. The second-order valence-electron chi connectivity index (χ2n) is 2.74. The zero-order chi connectivity index (χ0) is 9.26. The summed E-state index contributed by atoms with van der Waals surface area (Å²) in [6.45, 7) is 0. The SMILES string of the molecule is Cn1c(C#N)ccc1-c1ccn[nH]1. The maximum absolute atomic E-state index is 8.73. The van der Waals surface area contributed by atoms with E-state index in [2.05, 4.69) is 16.3 Å². The number of aromatic nitrogens is 3. The van der Waals surface area contributed by atoms with Gasteiger partial charge in [0.15, 0.2) is 0 Å². The summed E-state index contributed by atoms with van der Waals surface area (Å²) in [6, 6.07) is 7.66. The molecule has 0 aliphatic rings. The van der Waals surface area contributed by atoms with Gasteiger partial charge in [-0.15, -0.1) is 0 Å². The zero-order valence-electron chi connectivity index (χ0n) is 7.15. The Labute approximate surface area is 75.4 Å². The van der Waals surface area contributed by atoms with Crippen molar-refractivity contribution in [1.29, 1.82) is 5.26 Å². The van der Waals surface area contributed by atoms with Crippen molar-refractivity contribution in [2.75, 3.05) is 0 Å². The van der Waals surface area contributed by atoms with E-state index in [0.29, 0.717) is 5.69 Å². The number of nitrogens with zero attached hydrogens (tertiary/aromatic N) is 3. The van der Waals surface area contributed by atoms with Crippen LogP contribution in [0.15, 0.2) is 24.4 Å². The Hall–Kier alpha value is -2.02. The van der Waals surface area contributed by atoms with Gasteiger partial charge in [-0.3, -0.25) is 5.10 Å². The van der Waals surface area contributed by atoms with Crippen LogP contribution in [0.3, 0.4) is 0 Å². The third kappa shape index (κ3) is 1.11. The molecule has 1 N–H and O–H groups in total. The quantitative estimate of drug-likeness (QED) is 0.704. The van der Waals surface area contributed by atoms with E-state index >= 15 is 0 Å². The zero-order valence-corrected chi connectivity index (χ0v) is 7.15. The summed E-state index contributed by atoms with van der Waals surface area (Å²) in [5.74, 6) is 0. The average Bonchev–Trinajstić information content (AvgIpc) is 2.72. The van der Waals surface area contributed by atoms with E-state index in [1.165, 1.54) is 0 Å². The van der Waals surface area contributed by atoms with Gasteiger partial charge >= 0.3 is 0 Å². The first-order chi connectivity index (χ1) is 6.33. The van der Waals surface area contributed by atoms with Gasteiger partial charge in [0.05, 0.1) is 11.4 Å². The molecule has 13 heavy (non-hydrogen) atoms. The maximum Gasteiger partial charge on any atom is 0.120 e. The van der Waals surface area contributed by atoms with E-state index in [1.54, 1.807) is 12.3 Å². The normalized spacial score (nSPS) is 9.85. The summed E-state index contributed by atoms with van der Waals surface area (Å²) in [4.78, 5) is 0. The fourth-order valence-electron chi connectivity index (χ4n) is 1.29. The van der Waals surface area contributed by atoms with Gasteiger partial charge in [0.25, 0.3) is 0 Å². The molecule has 2 heterocycles. The Kier molecular flexibility index (Phi) is 1.64. The van der Waals surface area contributed by atoms with Crippen molar-refractivity contribution in [1.82, 2.24) is 14.8 Å². The maximum atomic E-state index is 8.73. The van der Waals surface area contributed by atoms with E-state index in [1.807, 2.05) is 23.7 Å². The molecular formula is C9H8N4. The van der Waals surface area contributed by atoms with Gasteiger partial charge in [-0.1, -0.05) is 0 Å². The molecule has 2 aromatic rings. The lowest BCUT2D eigenvalue weighted by Gasteiger charge is -1.99. The van der Waals surface area contributed by atoms with Crippen LogP contribution in [0, 0.1) is 11.3 Å². The summed E-state index contributed by atoms with van der Waals surface area (Å²) in [5, 5.41) is 15.4. The minimum Gasteiger partial charge on any atom is -0.334 e. The molecule has 0 aromatic carbocycles. The van der Waals surface area contributed by atoms with Gasteiger partial charge in [0.1, 0.15) is 11.8 Å². The van der Waals surface area contributed by atoms with Gasteiger partial charge in [-0.05, 0) is 18.2 Å². The number of aromatic amines is 1. The monoisotopic (exact) mass is 172 g/mol. The molecule has 0 atom stereocenters. The molecule has 0 amide bonds. The third-order valence-electron chi connectivity index (χ3n) is 2.01. The second-order valence-corrected chi connectivity index (χ2v) is 2.74. The van der Waals surface area contributed by atoms with Crippen molar-refractivity contribution < 1.29 is 0 Å². The minimum absolute atomic E-state index is 0.643. The van der Waals surface area contributed by atoms with Crippen molar-refractivity contribution in [3.8, 4) is 17.5 Å². The predicted molar refractivity (Wildman–Crippen MR) is 47.7 cm³/mol. The van der Waals surface area contributed by atoms with Crippen LogP contribution < -0.4 is 0 Å². The number of nitriles is 1. The van der Waals surface area contributed by atoms with Crippen LogP contribution in [-0.4, -0.2) is 14.8 Å². The standard InChI is InChI=1S/C9H8N4/c1-13-7(6-10)2-3-9(13)8-4-5-11-12-8/h2-5H,1H3,(H,11,12). The first-order valence-electron chi connectivity index (χ1n) is 3.88. The number of nitrogens with one attached hydrogen (secondary N) is 1. The molecule has 64 valence electrons. The molecule has 4 heteroatoms. The van der Waals surface area contributed by atoms with Crippen LogP contribution in [0.25, 0.3) is 11.4 Å². The van der Waals surface area contributed by atoms with Gasteiger partial charge < -0.3 is 4.57 Å². The highest BCUT2D eigenvalue weighted by atomic mass is 15.1. The van der Waals surface area contributed by atoms with Crippen LogP contribution in [0.1, 0.15) is 5.69 Å². The van der Waals surface area contributed by atoms with Crippen molar-refractivity contribution in [2.24, 2.45) is 7.05 Å². The summed E-state index contributed by atoms with van der Waals surface area (Å²) < 4.78 is 1.83. The Morgan fingerprint density at radius 2 is 2.31 bits per heavy atom. The molecule has 0 spiro atoms. The van der Waals surface area contributed by atoms with E-state index in [-0.39, 0.29) is 0 Å². The molecule has 0 saturated carbocycles. The fourth-order valence-corrected chi connectivity index (χ4v) is 1.29. The van der Waals surface area contributed by atoms with E-state index in [0.717, 1.165) is 11.4 Å². The first kappa shape index (κ1) is 7.62. The Morgan fingerprint density at radius 3 is 2.85 bits per heavy atom. The van der Waals surface area contributed by atoms with Crippen LogP contribution in [0.5, 0.6) is 0 Å². The highest BCUT2D eigenvalue weighted by Crippen LogP contribution is 2.17. The van der Waals surface area contributed by atoms with Crippen molar-refractivity contribution >= 4 is 0 Å². The molecule has 0 unspecified atom stereocenters. The van der Waals surface area contributed by atoms with E-state index in [9.17, 15) is 0 Å². The lowest BCUT2D eigenvalue weighted by Crippen LogP contribution is -1.94. The van der Waals surface area contributed by atoms with Crippen LogP contribution in [0.4, 0.5) is 0 Å². The van der Waals surface area contributed by atoms with Crippen molar-refractivity contribution in [3.05, 3.63) is 30.1 Å². The average molecular weight is 172 g/mol. The van der Waals surface area contributed by atoms with Gasteiger partial charge in [-0.25, -0.2) is 0 Å². The highest BCUT2D eigenvalue weighted by molar-refractivity contribution is 5.56. The molecule has 0 bridgehead atoms. The summed E-state index contributed by atoms with van der Waals surface area (Å²) in [5.41, 5.74) is 2.53. The molecule has 4 nitrogen and oxygen atoms in total. The lowest BCUT2D eigenvalue weighted by molar-refractivity contribution is 0.908. The molecule has 0 aliphatic heterocycles. The lowest BCUT2D eigenvalue weighted by atomic mass is 10.3. The molecule has 2 rings (SSSR count). The molecule has 0 saturated heterocycles. The Bertz CT molecular complexity index is 444. The fraction of sp³-hybridized carbons (Fsp3) is 0.111. The van der Waals surface area contributed by atoms with Crippen LogP contribution in [-0.2, 0) is 7.05 Å². The summed E-state index contributed by atoms with van der Waals surface area (Å²) >= 11 is 0. The number of H-pyrrole nitrogens is 1. The van der Waals surface area contributed by atoms with Crippen LogP contribution >= 0.6 is 0 Å². The highest BCUT2D eigenvalue weighted by Gasteiger charge is 2.06. The largest absolute Gasteiger partial charge is 0.334 e. The third-order valence-corrected chi connectivity index (χ3v) is 2.01. The van der Waals surface area contributed by atoms with E-state index in [4.69, 9.17) is 5.26 Å².